The molecule has 6 heteroatoms. The van der Waals surface area contributed by atoms with E-state index in [1.165, 1.54) is 11.1 Å². The van der Waals surface area contributed by atoms with Gasteiger partial charge < -0.3 is 24.8 Å². The molecular formula is C25H35N3O3. The van der Waals surface area contributed by atoms with Crippen molar-refractivity contribution in [3.8, 4) is 11.5 Å². The van der Waals surface area contributed by atoms with Crippen molar-refractivity contribution in [1.29, 1.82) is 0 Å². The van der Waals surface area contributed by atoms with Crippen LogP contribution in [-0.4, -0.2) is 46.4 Å². The Morgan fingerprint density at radius 1 is 1.06 bits per heavy atom. The zero-order valence-electron chi connectivity index (χ0n) is 18.9. The summed E-state index contributed by atoms with van der Waals surface area (Å²) < 4.78 is 16.8. The van der Waals surface area contributed by atoms with Crippen molar-refractivity contribution in [2.45, 2.75) is 32.3 Å². The predicted octanol–water partition coefficient (Wildman–Crippen LogP) is 3.97. The molecule has 0 amide bonds. The molecule has 6 nitrogen and oxygen atoms in total. The van der Waals surface area contributed by atoms with E-state index in [0.29, 0.717) is 5.92 Å². The summed E-state index contributed by atoms with van der Waals surface area (Å²) >= 11 is 0. The molecule has 0 aromatic heterocycles. The molecule has 0 aliphatic carbocycles. The summed E-state index contributed by atoms with van der Waals surface area (Å²) in [6.07, 6.45) is 3.21. The Morgan fingerprint density at radius 3 is 2.61 bits per heavy atom. The summed E-state index contributed by atoms with van der Waals surface area (Å²) in [5.74, 6) is 2.74. The number of nitrogens with zero attached hydrogens (tertiary/aromatic N) is 1. The Hall–Kier alpha value is -2.73. The van der Waals surface area contributed by atoms with Crippen LogP contribution in [-0.2, 0) is 11.2 Å². The van der Waals surface area contributed by atoms with Crippen molar-refractivity contribution in [1.82, 2.24) is 10.6 Å². The van der Waals surface area contributed by atoms with Gasteiger partial charge in [0, 0.05) is 32.2 Å². The predicted molar refractivity (Wildman–Crippen MR) is 125 cm³/mol. The molecule has 1 aliphatic heterocycles. The Labute approximate surface area is 186 Å². The van der Waals surface area contributed by atoms with Gasteiger partial charge in [0.25, 0.3) is 0 Å². The van der Waals surface area contributed by atoms with Crippen LogP contribution in [0.15, 0.2) is 53.5 Å². The number of ether oxygens (including phenoxy) is 3. The van der Waals surface area contributed by atoms with Gasteiger partial charge in [0.1, 0.15) is 0 Å². The lowest BCUT2D eigenvalue weighted by molar-refractivity contribution is -0.0250. The second-order valence-corrected chi connectivity index (χ2v) is 7.69. The molecule has 2 aromatic carbocycles. The molecule has 1 fully saturated rings. The van der Waals surface area contributed by atoms with E-state index in [2.05, 4.69) is 47.9 Å². The molecule has 1 saturated heterocycles. The Morgan fingerprint density at radius 2 is 1.87 bits per heavy atom. The average Bonchev–Trinajstić information content (AvgIpc) is 2.83. The first kappa shape index (κ1) is 22.9. The molecule has 2 unspecified atom stereocenters. The van der Waals surface area contributed by atoms with Crippen LogP contribution in [0, 0.1) is 5.92 Å². The minimum absolute atomic E-state index is 0.119. The highest BCUT2D eigenvalue weighted by atomic mass is 16.5. The van der Waals surface area contributed by atoms with Crippen LogP contribution >= 0.6 is 0 Å². The quantitative estimate of drug-likeness (QED) is 0.470. The summed E-state index contributed by atoms with van der Waals surface area (Å²) in [5, 5.41) is 6.81. The second-order valence-electron chi connectivity index (χ2n) is 7.69. The smallest absolute Gasteiger partial charge is 0.191 e. The van der Waals surface area contributed by atoms with Crippen molar-refractivity contribution in [2.75, 3.05) is 40.5 Å². The van der Waals surface area contributed by atoms with E-state index in [-0.39, 0.29) is 6.10 Å². The molecule has 0 radical (unpaired) electrons. The van der Waals surface area contributed by atoms with Gasteiger partial charge in [-0.05, 0) is 49.4 Å². The summed E-state index contributed by atoms with van der Waals surface area (Å²) in [6, 6.07) is 16.5. The van der Waals surface area contributed by atoms with Gasteiger partial charge in [0.05, 0.1) is 20.3 Å². The summed E-state index contributed by atoms with van der Waals surface area (Å²) in [4.78, 5) is 4.87. The molecule has 0 spiro atoms. The van der Waals surface area contributed by atoms with Gasteiger partial charge in [-0.25, -0.2) is 0 Å². The van der Waals surface area contributed by atoms with Crippen molar-refractivity contribution < 1.29 is 14.2 Å². The number of rotatable bonds is 9. The minimum atomic E-state index is 0.119. The fourth-order valence-electron chi connectivity index (χ4n) is 3.95. The lowest BCUT2D eigenvalue weighted by Crippen LogP contribution is -2.39. The fraction of sp³-hybridized carbons (Fsp3) is 0.480. The van der Waals surface area contributed by atoms with Crippen molar-refractivity contribution in [3.63, 3.8) is 0 Å². The van der Waals surface area contributed by atoms with E-state index < -0.39 is 0 Å². The van der Waals surface area contributed by atoms with Gasteiger partial charge in [-0.1, -0.05) is 36.4 Å². The van der Waals surface area contributed by atoms with Gasteiger partial charge in [-0.3, -0.25) is 4.99 Å². The summed E-state index contributed by atoms with van der Waals surface area (Å²) in [7, 11) is 3.31. The third-order valence-electron chi connectivity index (χ3n) is 5.56. The van der Waals surface area contributed by atoms with Gasteiger partial charge in [-0.15, -0.1) is 0 Å². The van der Waals surface area contributed by atoms with Crippen LogP contribution < -0.4 is 20.1 Å². The van der Waals surface area contributed by atoms with Crippen LogP contribution in [0.1, 0.15) is 37.0 Å². The lowest BCUT2D eigenvalue weighted by Gasteiger charge is -2.31. The van der Waals surface area contributed by atoms with E-state index in [9.17, 15) is 0 Å². The number of methoxy groups -OCH3 is 2. The van der Waals surface area contributed by atoms with Crippen LogP contribution in [0.5, 0.6) is 11.5 Å². The summed E-state index contributed by atoms with van der Waals surface area (Å²) in [5.41, 5.74) is 2.43. The first-order valence-corrected chi connectivity index (χ1v) is 11.1. The molecule has 2 N–H and O–H groups in total. The number of guanidine groups is 1. The number of aliphatic imine (C=N–C) groups is 1. The van der Waals surface area contributed by atoms with Crippen molar-refractivity contribution in [2.24, 2.45) is 10.9 Å². The molecule has 1 aliphatic rings. The fourth-order valence-corrected chi connectivity index (χ4v) is 3.95. The van der Waals surface area contributed by atoms with Gasteiger partial charge >= 0.3 is 0 Å². The largest absolute Gasteiger partial charge is 0.493 e. The average molecular weight is 426 g/mol. The first-order valence-electron chi connectivity index (χ1n) is 11.1. The molecule has 2 atom stereocenters. The topological polar surface area (TPSA) is 64.1 Å². The van der Waals surface area contributed by atoms with E-state index >= 15 is 0 Å². The van der Waals surface area contributed by atoms with Gasteiger partial charge in [-0.2, -0.15) is 0 Å². The van der Waals surface area contributed by atoms with Gasteiger partial charge in [0.15, 0.2) is 17.5 Å². The number of benzene rings is 2. The van der Waals surface area contributed by atoms with E-state index in [1.807, 2.05) is 18.2 Å². The number of hydrogen-bond donors (Lipinski definition) is 2. The van der Waals surface area contributed by atoms with E-state index in [1.54, 1.807) is 14.2 Å². The van der Waals surface area contributed by atoms with Crippen LogP contribution in [0.25, 0.3) is 0 Å². The Balaban J connectivity index is 1.58. The zero-order valence-corrected chi connectivity index (χ0v) is 18.9. The molecule has 2 aromatic rings. The maximum absolute atomic E-state index is 6.12. The first-order chi connectivity index (χ1) is 15.2. The molecule has 31 heavy (non-hydrogen) atoms. The van der Waals surface area contributed by atoms with Crippen LogP contribution in [0.4, 0.5) is 0 Å². The third-order valence-corrected chi connectivity index (χ3v) is 5.56. The molecule has 0 saturated carbocycles. The molecular weight excluding hydrogens is 390 g/mol. The third kappa shape index (κ3) is 6.62. The normalized spacial score (nSPS) is 19.0. The summed E-state index contributed by atoms with van der Waals surface area (Å²) in [6.45, 7) is 5.26. The molecule has 168 valence electrons. The van der Waals surface area contributed by atoms with Crippen LogP contribution in [0.3, 0.4) is 0 Å². The Bertz CT molecular complexity index is 826. The monoisotopic (exact) mass is 425 g/mol. The van der Waals surface area contributed by atoms with E-state index in [4.69, 9.17) is 19.2 Å². The molecule has 3 rings (SSSR count). The van der Waals surface area contributed by atoms with Crippen LogP contribution in [0.2, 0.25) is 0 Å². The zero-order chi connectivity index (χ0) is 21.9. The highest BCUT2D eigenvalue weighted by molar-refractivity contribution is 5.79. The highest BCUT2D eigenvalue weighted by Gasteiger charge is 2.27. The lowest BCUT2D eigenvalue weighted by atomic mass is 9.89. The van der Waals surface area contributed by atoms with Crippen molar-refractivity contribution >= 4 is 5.96 Å². The SMILES string of the molecule is CCNC(=NCC1CCCOC1c1ccccc1)NCCc1ccc(OC)c(OC)c1. The highest BCUT2D eigenvalue weighted by Crippen LogP contribution is 2.33. The Kier molecular flexibility index (Phi) is 9.03. The standard InChI is InChI=1S/C25H35N3O3/c1-4-26-25(27-15-14-19-12-13-22(29-2)23(17-19)30-3)28-18-21-11-8-16-31-24(21)20-9-6-5-7-10-20/h5-7,9-10,12-13,17,21,24H,4,8,11,14-16,18H2,1-3H3,(H2,26,27,28). The van der Waals surface area contributed by atoms with Gasteiger partial charge in [0.2, 0.25) is 0 Å². The number of hydrogen-bond acceptors (Lipinski definition) is 4. The van der Waals surface area contributed by atoms with Crippen molar-refractivity contribution in [3.05, 3.63) is 59.7 Å². The molecule has 0 bridgehead atoms. The maximum Gasteiger partial charge on any atom is 0.191 e. The second kappa shape index (κ2) is 12.2. The number of nitrogens with one attached hydrogen (secondary N) is 2. The van der Waals surface area contributed by atoms with E-state index in [0.717, 1.165) is 63.0 Å². The minimum Gasteiger partial charge on any atom is -0.493 e. The molecule has 1 heterocycles. The maximum atomic E-state index is 6.12.